The zero-order valence-electron chi connectivity index (χ0n) is 12.0. The summed E-state index contributed by atoms with van der Waals surface area (Å²) in [4.78, 5) is 23.8. The van der Waals surface area contributed by atoms with Crippen molar-refractivity contribution in [3.63, 3.8) is 0 Å². The predicted octanol–water partition coefficient (Wildman–Crippen LogP) is 1.80. The van der Waals surface area contributed by atoms with Crippen LogP contribution >= 0.6 is 0 Å². The molecule has 1 fully saturated rings. The molecule has 1 aromatic rings. The molecule has 1 aliphatic carbocycles. The van der Waals surface area contributed by atoms with Gasteiger partial charge >= 0.3 is 0 Å². The third-order valence-electron chi connectivity index (χ3n) is 4.03. The molecule has 5 nitrogen and oxygen atoms in total. The summed E-state index contributed by atoms with van der Waals surface area (Å²) in [7, 11) is 0. The number of benzene rings is 1. The molecular formula is C16H22N2O3. The first-order valence-corrected chi connectivity index (χ1v) is 7.49. The highest BCUT2D eigenvalue weighted by Gasteiger charge is 2.27. The average molecular weight is 290 g/mol. The molecule has 2 rings (SSSR count). The summed E-state index contributed by atoms with van der Waals surface area (Å²) in [5, 5.41) is 11.6. The van der Waals surface area contributed by atoms with Crippen LogP contribution in [0.15, 0.2) is 30.3 Å². The minimum Gasteiger partial charge on any atom is -0.344 e. The van der Waals surface area contributed by atoms with Gasteiger partial charge in [0.2, 0.25) is 5.91 Å². The van der Waals surface area contributed by atoms with Gasteiger partial charge in [-0.3, -0.25) is 14.8 Å². The van der Waals surface area contributed by atoms with Crippen molar-refractivity contribution >= 4 is 11.8 Å². The number of carbonyl (C=O) groups is 2. The molecule has 0 aliphatic heterocycles. The minimum atomic E-state index is -0.691. The molecule has 0 heterocycles. The molecule has 21 heavy (non-hydrogen) atoms. The molecular weight excluding hydrogens is 268 g/mol. The fourth-order valence-electron chi connectivity index (χ4n) is 2.78. The van der Waals surface area contributed by atoms with Crippen LogP contribution in [-0.4, -0.2) is 23.1 Å². The maximum absolute atomic E-state index is 12.1. The van der Waals surface area contributed by atoms with Gasteiger partial charge in [-0.25, -0.2) is 5.48 Å². The molecule has 1 aliphatic rings. The Kier molecular flexibility index (Phi) is 5.75. The Balaban J connectivity index is 1.91. The first kappa shape index (κ1) is 15.5. The van der Waals surface area contributed by atoms with E-state index in [0.717, 1.165) is 31.2 Å². The zero-order valence-corrected chi connectivity index (χ0v) is 12.0. The van der Waals surface area contributed by atoms with Gasteiger partial charge in [0.05, 0.1) is 0 Å². The van der Waals surface area contributed by atoms with E-state index >= 15 is 0 Å². The number of rotatable bonds is 6. The Labute approximate surface area is 124 Å². The molecule has 114 valence electrons. The van der Waals surface area contributed by atoms with Gasteiger partial charge in [-0.1, -0.05) is 43.2 Å². The van der Waals surface area contributed by atoms with Crippen molar-refractivity contribution in [2.45, 2.75) is 44.6 Å². The molecule has 1 unspecified atom stereocenters. The number of carbonyl (C=O) groups excluding carboxylic acids is 2. The lowest BCUT2D eigenvalue weighted by molar-refractivity contribution is -0.136. The highest BCUT2D eigenvalue weighted by Crippen LogP contribution is 2.24. The molecule has 0 aromatic heterocycles. The fourth-order valence-corrected chi connectivity index (χ4v) is 2.78. The summed E-state index contributed by atoms with van der Waals surface area (Å²) in [6.07, 6.45) is 5.05. The normalized spacial score (nSPS) is 16.4. The summed E-state index contributed by atoms with van der Waals surface area (Å²) in [6, 6.07) is 9.08. The first-order chi connectivity index (χ1) is 10.2. The predicted molar refractivity (Wildman–Crippen MR) is 78.6 cm³/mol. The van der Waals surface area contributed by atoms with E-state index in [4.69, 9.17) is 5.21 Å². The van der Waals surface area contributed by atoms with Crippen molar-refractivity contribution in [2.75, 3.05) is 0 Å². The SMILES string of the molecule is O=C(NC(CCc1ccccc1)C(=O)NO)C1CCCC1. The van der Waals surface area contributed by atoms with E-state index in [1.807, 2.05) is 30.3 Å². The molecule has 0 bridgehead atoms. The second-order valence-corrected chi connectivity index (χ2v) is 5.54. The molecule has 1 aromatic carbocycles. The summed E-state index contributed by atoms with van der Waals surface area (Å²) < 4.78 is 0. The van der Waals surface area contributed by atoms with Gasteiger partial charge in [-0.15, -0.1) is 0 Å². The number of aryl methyl sites for hydroxylation is 1. The van der Waals surface area contributed by atoms with E-state index in [1.54, 1.807) is 5.48 Å². The number of hydrogen-bond donors (Lipinski definition) is 3. The maximum Gasteiger partial charge on any atom is 0.265 e. The van der Waals surface area contributed by atoms with Crippen molar-refractivity contribution in [3.8, 4) is 0 Å². The third-order valence-corrected chi connectivity index (χ3v) is 4.03. The number of amides is 2. The van der Waals surface area contributed by atoms with E-state index in [-0.39, 0.29) is 11.8 Å². The highest BCUT2D eigenvalue weighted by molar-refractivity contribution is 5.88. The van der Waals surface area contributed by atoms with Crippen LogP contribution in [0.1, 0.15) is 37.7 Å². The molecule has 0 spiro atoms. The molecule has 0 saturated heterocycles. The van der Waals surface area contributed by atoms with E-state index in [2.05, 4.69) is 5.32 Å². The van der Waals surface area contributed by atoms with Crippen LogP contribution in [0, 0.1) is 5.92 Å². The largest absolute Gasteiger partial charge is 0.344 e. The minimum absolute atomic E-state index is 0.00992. The van der Waals surface area contributed by atoms with Gasteiger partial charge < -0.3 is 5.32 Å². The van der Waals surface area contributed by atoms with Crippen LogP contribution in [0.25, 0.3) is 0 Å². The van der Waals surface area contributed by atoms with E-state index < -0.39 is 11.9 Å². The quantitative estimate of drug-likeness (QED) is 0.552. The summed E-state index contributed by atoms with van der Waals surface area (Å²) in [5.41, 5.74) is 2.74. The van der Waals surface area contributed by atoms with Crippen LogP contribution in [0.3, 0.4) is 0 Å². The van der Waals surface area contributed by atoms with Crippen molar-refractivity contribution in [1.29, 1.82) is 0 Å². The molecule has 2 amide bonds. The number of hydrogen-bond acceptors (Lipinski definition) is 3. The zero-order chi connectivity index (χ0) is 15.1. The highest BCUT2D eigenvalue weighted by atomic mass is 16.5. The van der Waals surface area contributed by atoms with E-state index in [0.29, 0.717) is 12.8 Å². The maximum atomic E-state index is 12.1. The Morgan fingerprint density at radius 2 is 1.86 bits per heavy atom. The molecule has 1 atom stereocenters. The van der Waals surface area contributed by atoms with Crippen LogP contribution in [-0.2, 0) is 16.0 Å². The fraction of sp³-hybridized carbons (Fsp3) is 0.500. The summed E-state index contributed by atoms with van der Waals surface area (Å²) in [5.74, 6) is -0.623. The molecule has 5 heteroatoms. The average Bonchev–Trinajstić information content (AvgIpc) is 3.06. The number of hydroxylamine groups is 1. The molecule has 1 saturated carbocycles. The monoisotopic (exact) mass is 290 g/mol. The smallest absolute Gasteiger partial charge is 0.265 e. The number of nitrogens with one attached hydrogen (secondary N) is 2. The van der Waals surface area contributed by atoms with Gasteiger partial charge in [-0.05, 0) is 31.2 Å². The van der Waals surface area contributed by atoms with Gasteiger partial charge in [0, 0.05) is 5.92 Å². The van der Waals surface area contributed by atoms with Crippen LogP contribution in [0.2, 0.25) is 0 Å². The Morgan fingerprint density at radius 3 is 2.48 bits per heavy atom. The second-order valence-electron chi connectivity index (χ2n) is 5.54. The first-order valence-electron chi connectivity index (χ1n) is 7.49. The van der Waals surface area contributed by atoms with Gasteiger partial charge in [-0.2, -0.15) is 0 Å². The van der Waals surface area contributed by atoms with Crippen molar-refractivity contribution in [3.05, 3.63) is 35.9 Å². The van der Waals surface area contributed by atoms with Crippen LogP contribution in [0.5, 0.6) is 0 Å². The Bertz CT molecular complexity index is 470. The lowest BCUT2D eigenvalue weighted by Gasteiger charge is -2.19. The summed E-state index contributed by atoms with van der Waals surface area (Å²) in [6.45, 7) is 0. The van der Waals surface area contributed by atoms with Crippen LogP contribution in [0.4, 0.5) is 0 Å². The third kappa shape index (κ3) is 4.56. The molecule has 0 radical (unpaired) electrons. The lowest BCUT2D eigenvalue weighted by Crippen LogP contribution is -2.47. The van der Waals surface area contributed by atoms with Crippen molar-refractivity contribution in [1.82, 2.24) is 10.8 Å². The molecule has 3 N–H and O–H groups in total. The standard InChI is InChI=1S/C16H22N2O3/c19-15(13-8-4-5-9-13)17-14(16(20)18-21)11-10-12-6-2-1-3-7-12/h1-3,6-7,13-14,21H,4-5,8-11H2,(H,17,19)(H,18,20). The van der Waals surface area contributed by atoms with Crippen LogP contribution < -0.4 is 10.8 Å². The Hall–Kier alpha value is -1.88. The summed E-state index contributed by atoms with van der Waals surface area (Å²) >= 11 is 0. The van der Waals surface area contributed by atoms with Crippen molar-refractivity contribution < 1.29 is 14.8 Å². The van der Waals surface area contributed by atoms with E-state index in [9.17, 15) is 9.59 Å². The van der Waals surface area contributed by atoms with Crippen molar-refractivity contribution in [2.24, 2.45) is 5.92 Å². The lowest BCUT2D eigenvalue weighted by atomic mass is 10.0. The van der Waals surface area contributed by atoms with Gasteiger partial charge in [0.1, 0.15) is 6.04 Å². The van der Waals surface area contributed by atoms with Gasteiger partial charge in [0.25, 0.3) is 5.91 Å². The Morgan fingerprint density at radius 1 is 1.19 bits per heavy atom. The topological polar surface area (TPSA) is 78.4 Å². The van der Waals surface area contributed by atoms with E-state index in [1.165, 1.54) is 0 Å². The van der Waals surface area contributed by atoms with Gasteiger partial charge in [0.15, 0.2) is 0 Å². The second kappa shape index (κ2) is 7.78.